The number of sulfone groups is 1. The third-order valence-electron chi connectivity index (χ3n) is 2.44. The molecule has 0 atom stereocenters. The van der Waals surface area contributed by atoms with Gasteiger partial charge in [0.15, 0.2) is 9.84 Å². The van der Waals surface area contributed by atoms with E-state index in [9.17, 15) is 8.42 Å². The normalized spacial score (nSPS) is 11.7. The second kappa shape index (κ2) is 7.69. The van der Waals surface area contributed by atoms with Gasteiger partial charge in [0, 0.05) is 20.3 Å². The number of hydrogen-bond donors (Lipinski definition) is 1. The minimum atomic E-state index is -3.53. The van der Waals surface area contributed by atoms with Gasteiger partial charge in [-0.05, 0) is 18.6 Å². The van der Waals surface area contributed by atoms with Crippen LogP contribution >= 0.6 is 11.6 Å². The van der Waals surface area contributed by atoms with Gasteiger partial charge in [-0.2, -0.15) is 0 Å². The molecular weight excluding hydrogens is 290 g/mol. The second-order valence-electron chi connectivity index (χ2n) is 3.94. The first-order valence-corrected chi connectivity index (χ1v) is 7.85. The van der Waals surface area contributed by atoms with E-state index >= 15 is 0 Å². The highest BCUT2D eigenvalue weighted by molar-refractivity contribution is 7.91. The lowest BCUT2D eigenvalue weighted by molar-refractivity contribution is 0.112. The predicted molar refractivity (Wildman–Crippen MR) is 75.2 cm³/mol. The van der Waals surface area contributed by atoms with Crippen molar-refractivity contribution in [2.24, 2.45) is 0 Å². The molecule has 0 amide bonds. The molecule has 1 aromatic rings. The lowest BCUT2D eigenvalue weighted by atomic mass is 10.3. The van der Waals surface area contributed by atoms with Gasteiger partial charge in [0.25, 0.3) is 0 Å². The van der Waals surface area contributed by atoms with Gasteiger partial charge in [-0.1, -0.05) is 17.7 Å². The third kappa shape index (κ3) is 4.99. The van der Waals surface area contributed by atoms with E-state index in [4.69, 9.17) is 26.8 Å². The van der Waals surface area contributed by atoms with E-state index in [1.165, 1.54) is 12.1 Å². The van der Waals surface area contributed by atoms with Crippen molar-refractivity contribution in [1.29, 1.82) is 0 Å². The zero-order valence-electron chi connectivity index (χ0n) is 10.8. The molecule has 19 heavy (non-hydrogen) atoms. The summed E-state index contributed by atoms with van der Waals surface area (Å²) in [6.45, 7) is 1.16. The molecule has 0 saturated heterocycles. The molecule has 0 fully saturated rings. The van der Waals surface area contributed by atoms with Crippen molar-refractivity contribution < 1.29 is 17.9 Å². The number of ether oxygens (including phenoxy) is 2. The van der Waals surface area contributed by atoms with Crippen LogP contribution in [0.25, 0.3) is 0 Å². The van der Waals surface area contributed by atoms with Crippen LogP contribution in [0.4, 0.5) is 5.69 Å². The van der Waals surface area contributed by atoms with Crippen molar-refractivity contribution in [2.45, 2.75) is 11.3 Å². The lowest BCUT2D eigenvalue weighted by Gasteiger charge is -2.09. The lowest BCUT2D eigenvalue weighted by Crippen LogP contribution is -2.15. The summed E-state index contributed by atoms with van der Waals surface area (Å²) in [6.07, 6.45) is 0.727. The molecule has 1 aromatic carbocycles. The smallest absolute Gasteiger partial charge is 0.184 e. The zero-order chi connectivity index (χ0) is 14.3. The molecule has 0 saturated carbocycles. The summed E-state index contributed by atoms with van der Waals surface area (Å²) in [5.41, 5.74) is 5.82. The molecule has 5 nitrogen and oxygen atoms in total. The van der Waals surface area contributed by atoms with E-state index in [0.717, 1.165) is 6.42 Å². The van der Waals surface area contributed by atoms with Crippen LogP contribution in [0, 0.1) is 0 Å². The topological polar surface area (TPSA) is 78.6 Å². The number of benzene rings is 1. The van der Waals surface area contributed by atoms with Gasteiger partial charge in [-0.3, -0.25) is 0 Å². The summed E-state index contributed by atoms with van der Waals surface area (Å²) in [7, 11) is -1.93. The molecule has 0 bridgehead atoms. The first-order chi connectivity index (χ1) is 8.99. The maximum atomic E-state index is 12.1. The van der Waals surface area contributed by atoms with E-state index in [2.05, 4.69) is 0 Å². The van der Waals surface area contributed by atoms with Crippen LogP contribution in [-0.4, -0.2) is 41.1 Å². The molecule has 0 radical (unpaired) electrons. The van der Waals surface area contributed by atoms with Gasteiger partial charge in [-0.25, -0.2) is 8.42 Å². The monoisotopic (exact) mass is 307 g/mol. The number of anilines is 1. The predicted octanol–water partition coefficient (Wildman–Crippen LogP) is 1.75. The third-order valence-corrected chi connectivity index (χ3v) is 4.65. The maximum absolute atomic E-state index is 12.1. The fourth-order valence-corrected chi connectivity index (χ4v) is 3.40. The Morgan fingerprint density at radius 2 is 2.00 bits per heavy atom. The summed E-state index contributed by atoms with van der Waals surface area (Å²) >= 11 is 5.88. The molecule has 0 spiro atoms. The molecule has 1 rings (SSSR count). The molecule has 2 N–H and O–H groups in total. The molecular formula is C12H18ClNO4S. The second-order valence-corrected chi connectivity index (χ2v) is 6.39. The SMILES string of the molecule is COCCCOCCS(=O)(=O)c1c(N)cccc1Cl. The molecule has 0 aliphatic heterocycles. The average Bonchev–Trinajstić information content (AvgIpc) is 2.33. The van der Waals surface area contributed by atoms with Crippen LogP contribution < -0.4 is 5.73 Å². The Morgan fingerprint density at radius 3 is 2.63 bits per heavy atom. The van der Waals surface area contributed by atoms with Crippen molar-refractivity contribution in [2.75, 3.05) is 38.4 Å². The first-order valence-electron chi connectivity index (χ1n) is 5.82. The molecule has 0 heterocycles. The Labute approximate surface area is 118 Å². The Balaban J connectivity index is 2.57. The number of nitrogens with two attached hydrogens (primary N) is 1. The zero-order valence-corrected chi connectivity index (χ0v) is 12.3. The van der Waals surface area contributed by atoms with Crippen molar-refractivity contribution in [3.05, 3.63) is 23.2 Å². The van der Waals surface area contributed by atoms with E-state index in [-0.39, 0.29) is 28.0 Å². The highest BCUT2D eigenvalue weighted by Crippen LogP contribution is 2.27. The number of methoxy groups -OCH3 is 1. The van der Waals surface area contributed by atoms with Gasteiger partial charge < -0.3 is 15.2 Å². The van der Waals surface area contributed by atoms with E-state index in [1.54, 1.807) is 13.2 Å². The molecule has 0 aromatic heterocycles. The quantitative estimate of drug-likeness (QED) is 0.585. The van der Waals surface area contributed by atoms with E-state index in [0.29, 0.717) is 13.2 Å². The van der Waals surface area contributed by atoms with E-state index in [1.807, 2.05) is 0 Å². The van der Waals surface area contributed by atoms with Gasteiger partial charge in [0.1, 0.15) is 4.90 Å². The highest BCUT2D eigenvalue weighted by atomic mass is 35.5. The Hall–Kier alpha value is -0.820. The summed E-state index contributed by atoms with van der Waals surface area (Å²) in [5.74, 6) is -0.145. The Kier molecular flexibility index (Phi) is 6.57. The van der Waals surface area contributed by atoms with Crippen LogP contribution in [0.15, 0.2) is 23.1 Å². The van der Waals surface area contributed by atoms with Crippen molar-refractivity contribution in [1.82, 2.24) is 0 Å². The summed E-state index contributed by atoms with van der Waals surface area (Å²) < 4.78 is 34.3. The molecule has 0 aliphatic carbocycles. The minimum Gasteiger partial charge on any atom is -0.398 e. The molecule has 108 valence electrons. The number of nitrogen functional groups attached to an aromatic ring is 1. The van der Waals surface area contributed by atoms with Crippen LogP contribution in [0.2, 0.25) is 5.02 Å². The largest absolute Gasteiger partial charge is 0.398 e. The van der Waals surface area contributed by atoms with Crippen molar-refractivity contribution >= 4 is 27.1 Å². The number of hydrogen-bond acceptors (Lipinski definition) is 5. The Morgan fingerprint density at radius 1 is 1.26 bits per heavy atom. The van der Waals surface area contributed by atoms with Crippen molar-refractivity contribution in [3.8, 4) is 0 Å². The molecule has 7 heteroatoms. The minimum absolute atomic E-state index is 0.0165. The van der Waals surface area contributed by atoms with Crippen LogP contribution in [0.5, 0.6) is 0 Å². The van der Waals surface area contributed by atoms with Crippen molar-refractivity contribution in [3.63, 3.8) is 0 Å². The van der Waals surface area contributed by atoms with Gasteiger partial charge in [0.2, 0.25) is 0 Å². The summed E-state index contributed by atoms with van der Waals surface area (Å²) in [5, 5.41) is 0.138. The number of halogens is 1. The van der Waals surface area contributed by atoms with Crippen LogP contribution in [0.3, 0.4) is 0 Å². The van der Waals surface area contributed by atoms with Crippen LogP contribution in [0.1, 0.15) is 6.42 Å². The fraction of sp³-hybridized carbons (Fsp3) is 0.500. The summed E-state index contributed by atoms with van der Waals surface area (Å²) in [6, 6.07) is 4.63. The van der Waals surface area contributed by atoms with Crippen LogP contribution in [-0.2, 0) is 19.3 Å². The van der Waals surface area contributed by atoms with E-state index < -0.39 is 9.84 Å². The van der Waals surface area contributed by atoms with Gasteiger partial charge >= 0.3 is 0 Å². The maximum Gasteiger partial charge on any atom is 0.184 e. The number of rotatable bonds is 8. The molecule has 0 unspecified atom stereocenters. The highest BCUT2D eigenvalue weighted by Gasteiger charge is 2.20. The average molecular weight is 308 g/mol. The molecule has 0 aliphatic rings. The van der Waals surface area contributed by atoms with Gasteiger partial charge in [-0.15, -0.1) is 0 Å². The fourth-order valence-electron chi connectivity index (χ4n) is 1.53. The van der Waals surface area contributed by atoms with Gasteiger partial charge in [0.05, 0.1) is 23.1 Å². The standard InChI is InChI=1S/C12H18ClNO4S/c1-17-6-3-7-18-8-9-19(15,16)12-10(13)4-2-5-11(12)14/h2,4-5H,3,6-9,14H2,1H3. The summed E-state index contributed by atoms with van der Waals surface area (Å²) in [4.78, 5) is -0.0165. The first kappa shape index (κ1) is 16.2. The Bertz CT molecular complexity index is 484.